The Bertz CT molecular complexity index is 723. The van der Waals surface area contributed by atoms with Crippen LogP contribution in [0.1, 0.15) is 16.7 Å². The monoisotopic (exact) mass is 332 g/mol. The zero-order valence-electron chi connectivity index (χ0n) is 13.9. The minimum Gasteiger partial charge on any atom is -0.302 e. The van der Waals surface area contributed by atoms with Gasteiger partial charge in [0.1, 0.15) is 0 Å². The number of benzene rings is 2. The van der Waals surface area contributed by atoms with Crippen molar-refractivity contribution < 1.29 is 8.42 Å². The van der Waals surface area contributed by atoms with E-state index in [1.807, 2.05) is 12.1 Å². The molecule has 0 aliphatic carbocycles. The lowest BCUT2D eigenvalue weighted by atomic mass is 10.1. The van der Waals surface area contributed by atoms with Crippen molar-refractivity contribution in [2.24, 2.45) is 0 Å². The molecule has 0 saturated carbocycles. The number of nitrogens with zero attached hydrogens (tertiary/aromatic N) is 1. The van der Waals surface area contributed by atoms with Crippen LogP contribution in [0.2, 0.25) is 0 Å². The van der Waals surface area contributed by atoms with Gasteiger partial charge >= 0.3 is 0 Å². The predicted octanol–water partition coefficient (Wildman–Crippen LogP) is 3.04. The van der Waals surface area contributed by atoms with Gasteiger partial charge < -0.3 is 4.90 Å². The highest BCUT2D eigenvalue weighted by atomic mass is 32.2. The molecule has 0 radical (unpaired) electrons. The van der Waals surface area contributed by atoms with Crippen LogP contribution in [0, 0.1) is 6.92 Å². The number of likely N-dealkylation sites (N-methyl/N-ethyl adjacent to an activating group) is 1. The van der Waals surface area contributed by atoms with Crippen molar-refractivity contribution in [2.75, 3.05) is 24.6 Å². The van der Waals surface area contributed by atoms with E-state index >= 15 is 0 Å². The van der Waals surface area contributed by atoms with E-state index in [0.717, 1.165) is 25.8 Å². The maximum absolute atomic E-state index is 11.2. The standard InChI is InChI=1S/C18H24N2O2S/c1-15-4-6-17(7-5-15)14-20(2)13-12-16-8-10-18(11-9-16)19-23(3,21)22/h4-11,19H,12-14H2,1-3H3. The molecule has 0 heterocycles. The number of anilines is 1. The molecule has 0 aliphatic rings. The molecule has 0 saturated heterocycles. The van der Waals surface area contributed by atoms with Gasteiger partial charge in [-0.1, -0.05) is 42.0 Å². The lowest BCUT2D eigenvalue weighted by molar-refractivity contribution is 0.331. The van der Waals surface area contributed by atoms with E-state index < -0.39 is 10.0 Å². The molecule has 0 spiro atoms. The summed E-state index contributed by atoms with van der Waals surface area (Å²) in [5.41, 5.74) is 4.38. The maximum Gasteiger partial charge on any atom is 0.229 e. The third-order valence-electron chi connectivity index (χ3n) is 3.61. The first kappa shape index (κ1) is 17.5. The molecule has 2 rings (SSSR count). The number of hydrogen-bond acceptors (Lipinski definition) is 3. The molecular formula is C18H24N2O2S. The van der Waals surface area contributed by atoms with Crippen LogP contribution < -0.4 is 4.72 Å². The highest BCUT2D eigenvalue weighted by molar-refractivity contribution is 7.92. The van der Waals surface area contributed by atoms with E-state index in [2.05, 4.69) is 47.9 Å². The van der Waals surface area contributed by atoms with Crippen LogP contribution >= 0.6 is 0 Å². The van der Waals surface area contributed by atoms with Gasteiger partial charge in [-0.25, -0.2) is 8.42 Å². The molecule has 1 N–H and O–H groups in total. The molecule has 5 heteroatoms. The van der Waals surface area contributed by atoms with Crippen LogP contribution in [0.5, 0.6) is 0 Å². The second kappa shape index (κ2) is 7.62. The summed E-state index contributed by atoms with van der Waals surface area (Å²) in [6.07, 6.45) is 2.09. The fraction of sp³-hybridized carbons (Fsp3) is 0.333. The zero-order valence-corrected chi connectivity index (χ0v) is 14.7. The summed E-state index contributed by atoms with van der Waals surface area (Å²) in [6, 6.07) is 16.1. The Kier molecular flexibility index (Phi) is 5.80. The van der Waals surface area contributed by atoms with Crippen LogP contribution in [-0.2, 0) is 23.0 Å². The van der Waals surface area contributed by atoms with Gasteiger partial charge in [0, 0.05) is 18.8 Å². The molecule has 0 fully saturated rings. The minimum atomic E-state index is -3.21. The molecule has 0 bridgehead atoms. The van der Waals surface area contributed by atoms with E-state index in [-0.39, 0.29) is 0 Å². The number of nitrogens with one attached hydrogen (secondary N) is 1. The molecule has 0 aromatic heterocycles. The number of rotatable bonds is 7. The van der Waals surface area contributed by atoms with Gasteiger partial charge in [0.25, 0.3) is 0 Å². The van der Waals surface area contributed by atoms with Crippen LogP contribution in [-0.4, -0.2) is 33.2 Å². The fourth-order valence-electron chi connectivity index (χ4n) is 2.36. The molecule has 0 amide bonds. The summed E-state index contributed by atoms with van der Waals surface area (Å²) >= 11 is 0. The lowest BCUT2D eigenvalue weighted by Crippen LogP contribution is -2.20. The minimum absolute atomic E-state index is 0.601. The van der Waals surface area contributed by atoms with Crippen LogP contribution in [0.3, 0.4) is 0 Å². The van der Waals surface area contributed by atoms with Crippen molar-refractivity contribution in [1.82, 2.24) is 4.90 Å². The predicted molar refractivity (Wildman–Crippen MR) is 96.1 cm³/mol. The Morgan fingerprint density at radius 3 is 2.09 bits per heavy atom. The maximum atomic E-state index is 11.2. The van der Waals surface area contributed by atoms with Gasteiger partial charge in [0.05, 0.1) is 6.26 Å². The normalized spacial score (nSPS) is 11.7. The van der Waals surface area contributed by atoms with Gasteiger partial charge in [-0.3, -0.25) is 4.72 Å². The second-order valence-corrected chi connectivity index (χ2v) is 7.79. The average Bonchev–Trinajstić information content (AvgIpc) is 2.47. The fourth-order valence-corrected chi connectivity index (χ4v) is 2.92. The Morgan fingerprint density at radius 1 is 0.957 bits per heavy atom. The summed E-state index contributed by atoms with van der Waals surface area (Å²) in [5, 5.41) is 0. The Balaban J connectivity index is 1.84. The van der Waals surface area contributed by atoms with E-state index in [0.29, 0.717) is 5.69 Å². The van der Waals surface area contributed by atoms with Gasteiger partial charge in [0.2, 0.25) is 10.0 Å². The summed E-state index contributed by atoms with van der Waals surface area (Å²) in [7, 11) is -1.10. The van der Waals surface area contributed by atoms with Crippen molar-refractivity contribution in [3.8, 4) is 0 Å². The highest BCUT2D eigenvalue weighted by Gasteiger charge is 2.03. The number of hydrogen-bond donors (Lipinski definition) is 1. The first-order valence-corrected chi connectivity index (χ1v) is 9.52. The summed E-state index contributed by atoms with van der Waals surface area (Å²) in [5.74, 6) is 0. The molecule has 23 heavy (non-hydrogen) atoms. The molecule has 0 unspecified atom stereocenters. The van der Waals surface area contributed by atoms with Crippen molar-refractivity contribution in [3.05, 3.63) is 65.2 Å². The second-order valence-electron chi connectivity index (χ2n) is 6.04. The third kappa shape index (κ3) is 6.42. The van der Waals surface area contributed by atoms with Gasteiger partial charge in [-0.15, -0.1) is 0 Å². The molecular weight excluding hydrogens is 308 g/mol. The first-order valence-electron chi connectivity index (χ1n) is 7.63. The lowest BCUT2D eigenvalue weighted by Gasteiger charge is -2.17. The van der Waals surface area contributed by atoms with Crippen molar-refractivity contribution >= 4 is 15.7 Å². The topological polar surface area (TPSA) is 49.4 Å². The largest absolute Gasteiger partial charge is 0.302 e. The molecule has 124 valence electrons. The van der Waals surface area contributed by atoms with Gasteiger partial charge in [-0.2, -0.15) is 0 Å². The van der Waals surface area contributed by atoms with Crippen molar-refractivity contribution in [2.45, 2.75) is 19.9 Å². The Hall–Kier alpha value is -1.85. The van der Waals surface area contributed by atoms with Crippen LogP contribution in [0.15, 0.2) is 48.5 Å². The Labute approximate surface area is 139 Å². The molecule has 0 atom stereocenters. The average molecular weight is 332 g/mol. The molecule has 2 aromatic carbocycles. The van der Waals surface area contributed by atoms with Crippen molar-refractivity contribution in [3.63, 3.8) is 0 Å². The van der Waals surface area contributed by atoms with E-state index in [1.165, 1.54) is 16.7 Å². The van der Waals surface area contributed by atoms with Gasteiger partial charge in [0.15, 0.2) is 0 Å². The van der Waals surface area contributed by atoms with Crippen LogP contribution in [0.25, 0.3) is 0 Å². The molecule has 4 nitrogen and oxygen atoms in total. The molecule has 0 aliphatic heterocycles. The van der Waals surface area contributed by atoms with E-state index in [1.54, 1.807) is 12.1 Å². The van der Waals surface area contributed by atoms with Crippen LogP contribution in [0.4, 0.5) is 5.69 Å². The smallest absolute Gasteiger partial charge is 0.229 e. The van der Waals surface area contributed by atoms with E-state index in [9.17, 15) is 8.42 Å². The molecule has 2 aromatic rings. The summed E-state index contributed by atoms with van der Waals surface area (Å²) < 4.78 is 24.8. The highest BCUT2D eigenvalue weighted by Crippen LogP contribution is 2.12. The zero-order chi connectivity index (χ0) is 16.9. The Morgan fingerprint density at radius 2 is 1.52 bits per heavy atom. The quantitative estimate of drug-likeness (QED) is 0.848. The van der Waals surface area contributed by atoms with Gasteiger partial charge in [-0.05, 0) is 43.7 Å². The SMILES string of the molecule is Cc1ccc(CN(C)CCc2ccc(NS(C)(=O)=O)cc2)cc1. The van der Waals surface area contributed by atoms with Crippen molar-refractivity contribution in [1.29, 1.82) is 0 Å². The summed E-state index contributed by atoms with van der Waals surface area (Å²) in [6.45, 7) is 3.97. The first-order chi connectivity index (χ1) is 10.8. The summed E-state index contributed by atoms with van der Waals surface area (Å²) in [4.78, 5) is 2.29. The van der Waals surface area contributed by atoms with E-state index in [4.69, 9.17) is 0 Å². The number of aryl methyl sites for hydroxylation is 1. The third-order valence-corrected chi connectivity index (χ3v) is 4.22. The number of sulfonamides is 1.